The molecule has 0 saturated heterocycles. The van der Waals surface area contributed by atoms with Gasteiger partial charge >= 0.3 is 5.97 Å². The third-order valence-corrected chi connectivity index (χ3v) is 2.85. The Kier molecular flexibility index (Phi) is 7.99. The molecular weight excluding hydrogens is 198 g/mol. The van der Waals surface area contributed by atoms with Crippen molar-refractivity contribution in [2.75, 3.05) is 18.1 Å². The quantitative estimate of drug-likeness (QED) is 0.522. The van der Waals surface area contributed by atoms with Crippen molar-refractivity contribution >= 4 is 17.7 Å². The number of carbonyl (C=O) groups excluding carboxylic acids is 1. The highest BCUT2D eigenvalue weighted by atomic mass is 32.2. The Morgan fingerprint density at radius 1 is 1.50 bits per heavy atom. The van der Waals surface area contributed by atoms with Gasteiger partial charge in [-0.3, -0.25) is 4.79 Å². The molecule has 0 aromatic heterocycles. The summed E-state index contributed by atoms with van der Waals surface area (Å²) >= 11 is 1.72. The second-order valence-electron chi connectivity index (χ2n) is 3.62. The van der Waals surface area contributed by atoms with Crippen LogP contribution in [0.25, 0.3) is 0 Å². The highest BCUT2D eigenvalue weighted by Crippen LogP contribution is 2.09. The Balaban J connectivity index is 3.43. The van der Waals surface area contributed by atoms with Crippen molar-refractivity contribution in [1.29, 1.82) is 0 Å². The summed E-state index contributed by atoms with van der Waals surface area (Å²) in [7, 11) is 0. The highest BCUT2D eigenvalue weighted by Gasteiger charge is 2.13. The Morgan fingerprint density at radius 2 is 2.14 bits per heavy atom. The maximum Gasteiger partial charge on any atom is 0.323 e. The van der Waals surface area contributed by atoms with Crippen LogP contribution in [0.2, 0.25) is 0 Å². The minimum absolute atomic E-state index is 0.287. The first-order chi connectivity index (χ1) is 6.57. The fraction of sp³-hybridized carbons (Fsp3) is 0.900. The van der Waals surface area contributed by atoms with Crippen LogP contribution in [-0.4, -0.2) is 30.1 Å². The number of ether oxygens (including phenoxy) is 1. The monoisotopic (exact) mass is 219 g/mol. The lowest BCUT2D eigenvalue weighted by Crippen LogP contribution is -2.34. The van der Waals surface area contributed by atoms with Crippen molar-refractivity contribution in [2.45, 2.75) is 33.2 Å². The lowest BCUT2D eigenvalue weighted by atomic mass is 10.2. The molecule has 0 aromatic rings. The fourth-order valence-electron chi connectivity index (χ4n) is 0.847. The van der Waals surface area contributed by atoms with Crippen molar-refractivity contribution < 1.29 is 9.53 Å². The van der Waals surface area contributed by atoms with Gasteiger partial charge in [0.15, 0.2) is 0 Å². The summed E-state index contributed by atoms with van der Waals surface area (Å²) in [5.74, 6) is 2.14. The van der Waals surface area contributed by atoms with E-state index in [0.29, 0.717) is 18.3 Å². The zero-order valence-corrected chi connectivity index (χ0v) is 10.1. The lowest BCUT2D eigenvalue weighted by Gasteiger charge is -2.10. The maximum atomic E-state index is 11.1. The van der Waals surface area contributed by atoms with E-state index in [9.17, 15) is 4.79 Å². The van der Waals surface area contributed by atoms with Gasteiger partial charge in [0.2, 0.25) is 0 Å². The van der Waals surface area contributed by atoms with Crippen LogP contribution in [0.4, 0.5) is 0 Å². The molecule has 0 spiro atoms. The van der Waals surface area contributed by atoms with E-state index in [4.69, 9.17) is 10.5 Å². The van der Waals surface area contributed by atoms with Gasteiger partial charge in [-0.15, -0.1) is 0 Å². The zero-order chi connectivity index (χ0) is 11.0. The van der Waals surface area contributed by atoms with Gasteiger partial charge < -0.3 is 10.5 Å². The van der Waals surface area contributed by atoms with E-state index in [2.05, 4.69) is 13.8 Å². The van der Waals surface area contributed by atoms with Gasteiger partial charge in [-0.2, -0.15) is 11.8 Å². The standard InChI is InChI=1S/C10H21NO2S/c1-4-13-10(12)9(11)7-14-6-5-8(2)3/h8-9H,4-7,11H2,1-3H3. The Labute approximate surface area is 90.8 Å². The average molecular weight is 219 g/mol. The van der Waals surface area contributed by atoms with E-state index in [1.54, 1.807) is 18.7 Å². The van der Waals surface area contributed by atoms with Crippen molar-refractivity contribution in [3.63, 3.8) is 0 Å². The molecule has 1 unspecified atom stereocenters. The minimum atomic E-state index is -0.466. The molecule has 0 aromatic carbocycles. The van der Waals surface area contributed by atoms with Crippen LogP contribution in [0.5, 0.6) is 0 Å². The Hall–Kier alpha value is -0.220. The number of carbonyl (C=O) groups is 1. The molecule has 3 nitrogen and oxygen atoms in total. The van der Waals surface area contributed by atoms with Crippen LogP contribution in [-0.2, 0) is 9.53 Å². The van der Waals surface area contributed by atoms with E-state index in [1.807, 2.05) is 0 Å². The second-order valence-corrected chi connectivity index (χ2v) is 4.77. The van der Waals surface area contributed by atoms with Gasteiger partial charge in [0.25, 0.3) is 0 Å². The number of hydrogen-bond donors (Lipinski definition) is 1. The number of nitrogens with two attached hydrogens (primary N) is 1. The molecule has 0 aliphatic rings. The van der Waals surface area contributed by atoms with Gasteiger partial charge in [0, 0.05) is 5.75 Å². The predicted molar refractivity (Wildman–Crippen MR) is 61.4 cm³/mol. The van der Waals surface area contributed by atoms with Crippen LogP contribution in [0.15, 0.2) is 0 Å². The van der Waals surface area contributed by atoms with E-state index in [0.717, 1.165) is 5.75 Å². The van der Waals surface area contributed by atoms with E-state index in [1.165, 1.54) is 6.42 Å². The van der Waals surface area contributed by atoms with Crippen LogP contribution in [0.3, 0.4) is 0 Å². The Morgan fingerprint density at radius 3 is 2.64 bits per heavy atom. The van der Waals surface area contributed by atoms with Gasteiger partial charge in [-0.25, -0.2) is 0 Å². The summed E-state index contributed by atoms with van der Waals surface area (Å²) in [5.41, 5.74) is 5.62. The maximum absolute atomic E-state index is 11.1. The SMILES string of the molecule is CCOC(=O)C(N)CSCCC(C)C. The number of rotatable bonds is 7. The molecule has 2 N–H and O–H groups in total. The lowest BCUT2D eigenvalue weighted by molar-refractivity contribution is -0.144. The number of esters is 1. The number of thioether (sulfide) groups is 1. The molecule has 0 aliphatic heterocycles. The van der Waals surface area contributed by atoms with Crippen LogP contribution < -0.4 is 5.73 Å². The molecule has 0 amide bonds. The zero-order valence-electron chi connectivity index (χ0n) is 9.29. The predicted octanol–water partition coefficient (Wildman–Crippen LogP) is 1.66. The highest BCUT2D eigenvalue weighted by molar-refractivity contribution is 7.99. The average Bonchev–Trinajstić information content (AvgIpc) is 2.12. The van der Waals surface area contributed by atoms with Crippen molar-refractivity contribution in [2.24, 2.45) is 11.7 Å². The van der Waals surface area contributed by atoms with Gasteiger partial charge in [-0.1, -0.05) is 13.8 Å². The summed E-state index contributed by atoms with van der Waals surface area (Å²) < 4.78 is 4.80. The largest absolute Gasteiger partial charge is 0.465 e. The van der Waals surface area contributed by atoms with Gasteiger partial charge in [-0.05, 0) is 25.0 Å². The molecule has 0 aliphatic carbocycles. The van der Waals surface area contributed by atoms with Crippen molar-refractivity contribution in [1.82, 2.24) is 0 Å². The summed E-state index contributed by atoms with van der Waals surface area (Å²) in [4.78, 5) is 11.1. The fourth-order valence-corrected chi connectivity index (χ4v) is 2.04. The van der Waals surface area contributed by atoms with Crippen molar-refractivity contribution in [3.8, 4) is 0 Å². The molecule has 0 heterocycles. The second kappa shape index (κ2) is 8.12. The summed E-state index contributed by atoms with van der Waals surface area (Å²) in [6, 6.07) is -0.466. The van der Waals surface area contributed by atoms with Crippen LogP contribution in [0.1, 0.15) is 27.2 Å². The van der Waals surface area contributed by atoms with Gasteiger partial charge in [0.05, 0.1) is 6.61 Å². The topological polar surface area (TPSA) is 52.3 Å². The van der Waals surface area contributed by atoms with Crippen LogP contribution in [0, 0.1) is 5.92 Å². The molecule has 1 atom stereocenters. The molecule has 4 heteroatoms. The first kappa shape index (κ1) is 13.8. The Bertz CT molecular complexity index is 162. The first-order valence-electron chi connectivity index (χ1n) is 5.07. The first-order valence-corrected chi connectivity index (χ1v) is 6.23. The summed E-state index contributed by atoms with van der Waals surface area (Å²) in [6.45, 7) is 6.57. The third kappa shape index (κ3) is 7.21. The number of hydrogen-bond acceptors (Lipinski definition) is 4. The molecule has 0 rings (SSSR count). The van der Waals surface area contributed by atoms with Gasteiger partial charge in [0.1, 0.15) is 6.04 Å². The van der Waals surface area contributed by atoms with E-state index in [-0.39, 0.29) is 5.97 Å². The molecule has 0 saturated carbocycles. The third-order valence-electron chi connectivity index (χ3n) is 1.73. The summed E-state index contributed by atoms with van der Waals surface area (Å²) in [6.07, 6.45) is 1.17. The molecule has 84 valence electrons. The molecule has 14 heavy (non-hydrogen) atoms. The molecule has 0 radical (unpaired) electrons. The smallest absolute Gasteiger partial charge is 0.323 e. The molecule has 0 bridgehead atoms. The van der Waals surface area contributed by atoms with Crippen molar-refractivity contribution in [3.05, 3.63) is 0 Å². The molecule has 0 fully saturated rings. The molecular formula is C10H21NO2S. The van der Waals surface area contributed by atoms with E-state index >= 15 is 0 Å². The summed E-state index contributed by atoms with van der Waals surface area (Å²) in [5, 5.41) is 0. The van der Waals surface area contributed by atoms with E-state index < -0.39 is 6.04 Å². The minimum Gasteiger partial charge on any atom is -0.465 e. The van der Waals surface area contributed by atoms with Crippen LogP contribution >= 0.6 is 11.8 Å². The normalized spacial score (nSPS) is 12.9.